The molecule has 0 saturated heterocycles. The molecule has 0 saturated carbocycles. The van der Waals surface area contributed by atoms with Crippen molar-refractivity contribution in [2.75, 3.05) is 7.11 Å². The van der Waals surface area contributed by atoms with Crippen molar-refractivity contribution in [1.29, 1.82) is 5.26 Å². The van der Waals surface area contributed by atoms with Crippen LogP contribution in [0.1, 0.15) is 16.7 Å². The molecule has 1 aromatic heterocycles. The van der Waals surface area contributed by atoms with Gasteiger partial charge in [0.25, 0.3) is 0 Å². The summed E-state index contributed by atoms with van der Waals surface area (Å²) in [6, 6.07) is 14.7. The van der Waals surface area contributed by atoms with Gasteiger partial charge in [-0.1, -0.05) is 11.6 Å². The number of aryl methyl sites for hydroxylation is 2. The first-order valence-electron chi connectivity index (χ1n) is 7.27. The first kappa shape index (κ1) is 14.2. The van der Waals surface area contributed by atoms with E-state index in [1.807, 2.05) is 19.1 Å². The Balaban J connectivity index is 2.24. The zero-order valence-corrected chi connectivity index (χ0v) is 13.0. The number of nitriles is 1. The van der Waals surface area contributed by atoms with Gasteiger partial charge in [-0.3, -0.25) is 0 Å². The summed E-state index contributed by atoms with van der Waals surface area (Å²) in [4.78, 5) is 3.47. The summed E-state index contributed by atoms with van der Waals surface area (Å²) in [6.45, 7) is 4.10. The molecule has 0 aliphatic carbocycles. The Morgan fingerprint density at radius 1 is 1.14 bits per heavy atom. The molecule has 0 spiro atoms. The number of H-pyrrole nitrogens is 1. The molecule has 0 fully saturated rings. The normalized spacial score (nSPS) is 10.6. The van der Waals surface area contributed by atoms with E-state index in [1.165, 1.54) is 5.56 Å². The minimum absolute atomic E-state index is 0.393. The molecule has 0 aliphatic rings. The van der Waals surface area contributed by atoms with Gasteiger partial charge >= 0.3 is 0 Å². The van der Waals surface area contributed by atoms with Gasteiger partial charge in [-0.05, 0) is 60.9 Å². The molecule has 0 atom stereocenters. The van der Waals surface area contributed by atoms with Gasteiger partial charge in [-0.2, -0.15) is 5.26 Å². The topological polar surface area (TPSA) is 48.8 Å². The van der Waals surface area contributed by atoms with Crippen LogP contribution in [0.15, 0.2) is 36.4 Å². The number of rotatable bonds is 3. The third-order valence-corrected chi connectivity index (χ3v) is 4.00. The van der Waals surface area contributed by atoms with Crippen molar-refractivity contribution in [3.05, 3.63) is 53.1 Å². The fourth-order valence-electron chi connectivity index (χ4n) is 2.90. The van der Waals surface area contributed by atoms with Crippen LogP contribution in [0.4, 0.5) is 0 Å². The van der Waals surface area contributed by atoms with E-state index in [4.69, 9.17) is 4.74 Å². The number of methoxy groups -OCH3 is 1. The third-order valence-electron chi connectivity index (χ3n) is 4.00. The molecule has 0 radical (unpaired) electrons. The van der Waals surface area contributed by atoms with Gasteiger partial charge in [-0.25, -0.2) is 0 Å². The maximum Gasteiger partial charge on any atom is 0.121 e. The first-order chi connectivity index (χ1) is 10.6. The Labute approximate surface area is 130 Å². The second-order valence-electron chi connectivity index (χ2n) is 5.55. The Bertz CT molecular complexity index is 884. The molecular weight excluding hydrogens is 272 g/mol. The molecule has 2 aromatic carbocycles. The average molecular weight is 290 g/mol. The number of ether oxygens (including phenoxy) is 1. The van der Waals surface area contributed by atoms with Gasteiger partial charge in [-0.15, -0.1) is 0 Å². The van der Waals surface area contributed by atoms with Crippen LogP contribution >= 0.6 is 0 Å². The second kappa shape index (κ2) is 5.57. The molecule has 0 amide bonds. The van der Waals surface area contributed by atoms with E-state index >= 15 is 0 Å². The van der Waals surface area contributed by atoms with Crippen molar-refractivity contribution in [2.45, 2.75) is 20.3 Å². The van der Waals surface area contributed by atoms with E-state index in [2.05, 4.69) is 42.2 Å². The first-order valence-corrected chi connectivity index (χ1v) is 7.27. The van der Waals surface area contributed by atoms with E-state index in [0.29, 0.717) is 6.42 Å². The Morgan fingerprint density at radius 2 is 1.95 bits per heavy atom. The fourth-order valence-corrected chi connectivity index (χ4v) is 2.90. The maximum atomic E-state index is 9.19. The van der Waals surface area contributed by atoms with Gasteiger partial charge in [0.1, 0.15) is 5.75 Å². The highest BCUT2D eigenvalue weighted by atomic mass is 16.5. The SMILES string of the molecule is COc1ccc(-c2[nH]c3ccc(C)cc3c2CC#N)cc1C. The van der Waals surface area contributed by atoms with Crippen LogP contribution < -0.4 is 4.74 Å². The molecule has 3 rings (SSSR count). The summed E-state index contributed by atoms with van der Waals surface area (Å²) in [7, 11) is 1.68. The summed E-state index contributed by atoms with van der Waals surface area (Å²) in [5.74, 6) is 0.873. The molecule has 3 nitrogen and oxygen atoms in total. The lowest BCUT2D eigenvalue weighted by Crippen LogP contribution is -1.90. The molecular formula is C19H18N2O. The summed E-state index contributed by atoms with van der Waals surface area (Å²) in [5, 5.41) is 10.3. The number of nitrogens with zero attached hydrogens (tertiary/aromatic N) is 1. The van der Waals surface area contributed by atoms with Gasteiger partial charge < -0.3 is 9.72 Å². The number of nitrogens with one attached hydrogen (secondary N) is 1. The fraction of sp³-hybridized carbons (Fsp3) is 0.211. The number of aromatic amines is 1. The number of hydrogen-bond acceptors (Lipinski definition) is 2. The summed E-state index contributed by atoms with van der Waals surface area (Å²) >= 11 is 0. The minimum atomic E-state index is 0.393. The molecule has 1 N–H and O–H groups in total. The van der Waals surface area contributed by atoms with Gasteiger partial charge in [0.2, 0.25) is 0 Å². The molecule has 3 aromatic rings. The van der Waals surface area contributed by atoms with Crippen LogP contribution in [-0.2, 0) is 6.42 Å². The largest absolute Gasteiger partial charge is 0.496 e. The van der Waals surface area contributed by atoms with Crippen LogP contribution in [0, 0.1) is 25.2 Å². The van der Waals surface area contributed by atoms with E-state index in [1.54, 1.807) is 7.11 Å². The standard InChI is InChI=1S/C19H18N2O/c1-12-4-6-17-16(10-12)15(8-9-20)19(21-17)14-5-7-18(22-3)13(2)11-14/h4-7,10-11,21H,8H2,1-3H3. The van der Waals surface area contributed by atoms with E-state index < -0.39 is 0 Å². The van der Waals surface area contributed by atoms with Gasteiger partial charge in [0, 0.05) is 10.9 Å². The second-order valence-corrected chi connectivity index (χ2v) is 5.55. The van der Waals surface area contributed by atoms with Crippen LogP contribution in [0.25, 0.3) is 22.2 Å². The number of aromatic nitrogens is 1. The molecule has 0 bridgehead atoms. The van der Waals surface area contributed by atoms with Crippen LogP contribution in [0.3, 0.4) is 0 Å². The van der Waals surface area contributed by atoms with Crippen molar-refractivity contribution in [3.63, 3.8) is 0 Å². The summed E-state index contributed by atoms with van der Waals surface area (Å²) < 4.78 is 5.33. The zero-order chi connectivity index (χ0) is 15.7. The molecule has 110 valence electrons. The van der Waals surface area contributed by atoms with Crippen LogP contribution in [0.2, 0.25) is 0 Å². The number of fused-ring (bicyclic) bond motifs is 1. The summed E-state index contributed by atoms with van der Waals surface area (Å²) in [6.07, 6.45) is 0.393. The van der Waals surface area contributed by atoms with Gasteiger partial charge in [0.15, 0.2) is 0 Å². The maximum absolute atomic E-state index is 9.19. The lowest BCUT2D eigenvalue weighted by Gasteiger charge is -2.07. The average Bonchev–Trinajstić information content (AvgIpc) is 2.86. The lowest BCUT2D eigenvalue weighted by molar-refractivity contribution is 0.412. The van der Waals surface area contributed by atoms with Crippen LogP contribution in [-0.4, -0.2) is 12.1 Å². The van der Waals surface area contributed by atoms with Crippen molar-refractivity contribution < 1.29 is 4.74 Å². The molecule has 0 unspecified atom stereocenters. The zero-order valence-electron chi connectivity index (χ0n) is 13.0. The Morgan fingerprint density at radius 3 is 2.64 bits per heavy atom. The third kappa shape index (κ3) is 2.33. The summed E-state index contributed by atoms with van der Waals surface area (Å²) in [5.41, 5.74) is 6.51. The number of hydrogen-bond donors (Lipinski definition) is 1. The predicted molar refractivity (Wildman–Crippen MR) is 89.1 cm³/mol. The highest BCUT2D eigenvalue weighted by Crippen LogP contribution is 2.33. The molecule has 22 heavy (non-hydrogen) atoms. The number of benzene rings is 2. The lowest BCUT2D eigenvalue weighted by atomic mass is 10.0. The minimum Gasteiger partial charge on any atom is -0.496 e. The van der Waals surface area contributed by atoms with Gasteiger partial charge in [0.05, 0.1) is 25.3 Å². The van der Waals surface area contributed by atoms with Crippen molar-refractivity contribution in [2.24, 2.45) is 0 Å². The van der Waals surface area contributed by atoms with E-state index in [-0.39, 0.29) is 0 Å². The van der Waals surface area contributed by atoms with Crippen LogP contribution in [0.5, 0.6) is 5.75 Å². The molecule has 0 aliphatic heterocycles. The van der Waals surface area contributed by atoms with E-state index in [9.17, 15) is 5.26 Å². The van der Waals surface area contributed by atoms with Crippen molar-refractivity contribution in [1.82, 2.24) is 4.98 Å². The highest BCUT2D eigenvalue weighted by Gasteiger charge is 2.14. The highest BCUT2D eigenvalue weighted by molar-refractivity contribution is 5.91. The monoisotopic (exact) mass is 290 g/mol. The van der Waals surface area contributed by atoms with Crippen molar-refractivity contribution >= 4 is 10.9 Å². The van der Waals surface area contributed by atoms with E-state index in [0.717, 1.165) is 39.0 Å². The predicted octanol–water partition coefficient (Wildman–Crippen LogP) is 4.53. The smallest absolute Gasteiger partial charge is 0.121 e. The quantitative estimate of drug-likeness (QED) is 0.770. The van der Waals surface area contributed by atoms with Crippen molar-refractivity contribution in [3.8, 4) is 23.1 Å². The molecule has 1 heterocycles. The Kier molecular flexibility index (Phi) is 3.60. The Hall–Kier alpha value is -2.73. The molecule has 3 heteroatoms.